The normalized spacial score (nSPS) is 10.8. The summed E-state index contributed by atoms with van der Waals surface area (Å²) in [5.74, 6) is 0.787. The molecule has 0 fully saturated rings. The van der Waals surface area contributed by atoms with Crippen molar-refractivity contribution < 1.29 is 9.84 Å². The molecule has 0 aliphatic rings. The Balaban J connectivity index is 1.83. The molecule has 0 radical (unpaired) electrons. The van der Waals surface area contributed by atoms with Gasteiger partial charge in [0.1, 0.15) is 23.7 Å². The van der Waals surface area contributed by atoms with Crippen LogP contribution in [-0.2, 0) is 19.6 Å². The second kappa shape index (κ2) is 6.67. The van der Waals surface area contributed by atoms with Crippen molar-refractivity contribution in [2.24, 2.45) is 0 Å². The van der Waals surface area contributed by atoms with Crippen LogP contribution in [0.1, 0.15) is 23.9 Å². The molecule has 22 heavy (non-hydrogen) atoms. The van der Waals surface area contributed by atoms with Crippen molar-refractivity contribution in [1.29, 1.82) is 0 Å². The van der Waals surface area contributed by atoms with Gasteiger partial charge in [-0.2, -0.15) is 4.68 Å². The third-order valence-electron chi connectivity index (χ3n) is 3.28. The molecule has 1 aromatic carbocycles. The molecule has 0 saturated carbocycles. The van der Waals surface area contributed by atoms with E-state index in [1.165, 1.54) is 16.9 Å². The second-order valence-corrected chi connectivity index (χ2v) is 5.53. The zero-order valence-corrected chi connectivity index (χ0v) is 13.0. The minimum absolute atomic E-state index is 0.181. The van der Waals surface area contributed by atoms with Crippen LogP contribution in [0.15, 0.2) is 35.8 Å². The summed E-state index contributed by atoms with van der Waals surface area (Å²) >= 11 is 1.45. The Morgan fingerprint density at radius 1 is 1.36 bits per heavy atom. The molecule has 3 aromatic rings. The van der Waals surface area contributed by atoms with Crippen molar-refractivity contribution in [3.05, 3.63) is 52.8 Å². The van der Waals surface area contributed by atoms with E-state index in [1.807, 2.05) is 23.6 Å². The molecular formula is C15H16N4O2S. The maximum atomic E-state index is 9.42. The molecule has 0 unspecified atom stereocenters. The van der Waals surface area contributed by atoms with Crippen molar-refractivity contribution in [3.63, 3.8) is 0 Å². The fraction of sp³-hybridized carbons (Fsp3) is 0.267. The molecule has 0 bridgehead atoms. The van der Waals surface area contributed by atoms with Gasteiger partial charge in [0.15, 0.2) is 0 Å². The first-order valence-electron chi connectivity index (χ1n) is 6.97. The summed E-state index contributed by atoms with van der Waals surface area (Å²) in [7, 11) is 0. The molecule has 1 N–H and O–H groups in total. The number of rotatable bonds is 6. The van der Waals surface area contributed by atoms with E-state index in [0.29, 0.717) is 16.5 Å². The van der Waals surface area contributed by atoms with Gasteiger partial charge in [-0.25, -0.2) is 4.98 Å². The van der Waals surface area contributed by atoms with E-state index < -0.39 is 0 Å². The van der Waals surface area contributed by atoms with Crippen molar-refractivity contribution in [1.82, 2.24) is 20.0 Å². The van der Waals surface area contributed by atoms with Crippen LogP contribution in [-0.4, -0.2) is 25.1 Å². The van der Waals surface area contributed by atoms with E-state index in [1.54, 1.807) is 10.9 Å². The largest absolute Gasteiger partial charge is 0.487 e. The van der Waals surface area contributed by atoms with Crippen LogP contribution >= 0.6 is 11.3 Å². The summed E-state index contributed by atoms with van der Waals surface area (Å²) in [5.41, 5.74) is 2.42. The lowest BCUT2D eigenvalue weighted by atomic mass is 10.2. The number of nitrogens with zero attached hydrogens (tertiary/aromatic N) is 4. The van der Waals surface area contributed by atoms with Crippen LogP contribution in [0.5, 0.6) is 5.75 Å². The summed E-state index contributed by atoms with van der Waals surface area (Å²) in [4.78, 5) is 4.22. The number of aryl methyl sites for hydroxylation is 1. The fourth-order valence-corrected chi connectivity index (χ4v) is 2.69. The Morgan fingerprint density at radius 3 is 3.00 bits per heavy atom. The van der Waals surface area contributed by atoms with Gasteiger partial charge in [0, 0.05) is 11.6 Å². The van der Waals surface area contributed by atoms with Gasteiger partial charge in [-0.15, -0.1) is 16.4 Å². The summed E-state index contributed by atoms with van der Waals surface area (Å²) in [6.07, 6.45) is 2.66. The topological polar surface area (TPSA) is 73.1 Å². The van der Waals surface area contributed by atoms with E-state index in [-0.39, 0.29) is 13.2 Å². The van der Waals surface area contributed by atoms with Gasteiger partial charge < -0.3 is 9.84 Å². The van der Waals surface area contributed by atoms with Crippen LogP contribution in [0.3, 0.4) is 0 Å². The third kappa shape index (κ3) is 3.00. The summed E-state index contributed by atoms with van der Waals surface area (Å²) in [6, 6.07) is 7.95. The maximum absolute atomic E-state index is 9.42. The Labute approximate surface area is 132 Å². The second-order valence-electron chi connectivity index (χ2n) is 4.66. The SMILES string of the molecule is CCc1cccc(OCc2c(CO)nnn2-c2nccs2)c1. The average Bonchev–Trinajstić information content (AvgIpc) is 3.21. The van der Waals surface area contributed by atoms with Gasteiger partial charge in [-0.1, -0.05) is 24.3 Å². The smallest absolute Gasteiger partial charge is 0.212 e. The summed E-state index contributed by atoms with van der Waals surface area (Å²) < 4.78 is 7.45. The van der Waals surface area contributed by atoms with Crippen molar-refractivity contribution in [3.8, 4) is 10.9 Å². The number of thiazole rings is 1. The van der Waals surface area contributed by atoms with E-state index >= 15 is 0 Å². The zero-order chi connectivity index (χ0) is 15.4. The highest BCUT2D eigenvalue weighted by atomic mass is 32.1. The van der Waals surface area contributed by atoms with Crippen LogP contribution in [0, 0.1) is 0 Å². The van der Waals surface area contributed by atoms with Gasteiger partial charge in [0.2, 0.25) is 5.13 Å². The van der Waals surface area contributed by atoms with Crippen LogP contribution in [0.25, 0.3) is 5.13 Å². The van der Waals surface area contributed by atoms with E-state index in [4.69, 9.17) is 4.74 Å². The predicted octanol–water partition coefficient (Wildman–Crippen LogP) is 2.36. The molecule has 0 spiro atoms. The van der Waals surface area contributed by atoms with Gasteiger partial charge in [0.05, 0.1) is 6.61 Å². The van der Waals surface area contributed by atoms with E-state index in [0.717, 1.165) is 12.2 Å². The molecule has 0 amide bonds. The van der Waals surface area contributed by atoms with Crippen molar-refractivity contribution in [2.75, 3.05) is 0 Å². The number of hydrogen-bond acceptors (Lipinski definition) is 6. The van der Waals surface area contributed by atoms with Gasteiger partial charge in [-0.3, -0.25) is 0 Å². The minimum atomic E-state index is -0.181. The Kier molecular flexibility index (Phi) is 4.45. The number of aliphatic hydroxyl groups excluding tert-OH is 1. The third-order valence-corrected chi connectivity index (χ3v) is 4.02. The van der Waals surface area contributed by atoms with Crippen molar-refractivity contribution >= 4 is 11.3 Å². The lowest BCUT2D eigenvalue weighted by Gasteiger charge is -2.09. The zero-order valence-electron chi connectivity index (χ0n) is 12.1. The summed E-state index contributed by atoms with van der Waals surface area (Å²) in [5, 5.41) is 20.0. The molecule has 3 rings (SSSR count). The average molecular weight is 316 g/mol. The van der Waals surface area contributed by atoms with Gasteiger partial charge in [-0.05, 0) is 24.1 Å². The highest BCUT2D eigenvalue weighted by molar-refractivity contribution is 7.12. The first-order valence-corrected chi connectivity index (χ1v) is 7.85. The summed E-state index contributed by atoms with van der Waals surface area (Å²) in [6.45, 7) is 2.19. The number of aromatic nitrogens is 4. The van der Waals surface area contributed by atoms with Crippen LogP contribution < -0.4 is 4.74 Å². The molecule has 114 valence electrons. The highest BCUT2D eigenvalue weighted by Gasteiger charge is 2.16. The molecule has 0 saturated heterocycles. The quantitative estimate of drug-likeness (QED) is 0.756. The predicted molar refractivity (Wildman–Crippen MR) is 83.1 cm³/mol. The van der Waals surface area contributed by atoms with Gasteiger partial charge in [0.25, 0.3) is 0 Å². The van der Waals surface area contributed by atoms with Crippen LogP contribution in [0.4, 0.5) is 0 Å². The van der Waals surface area contributed by atoms with E-state index in [9.17, 15) is 5.11 Å². The molecule has 7 heteroatoms. The lowest BCUT2D eigenvalue weighted by Crippen LogP contribution is -2.07. The Bertz CT molecular complexity index is 740. The standard InChI is InChI=1S/C15H16N4O2S/c1-2-11-4-3-5-12(8-11)21-10-14-13(9-20)17-18-19(14)15-16-6-7-22-15/h3-8,20H,2,9-10H2,1H3. The Hall–Kier alpha value is -2.25. The molecule has 6 nitrogen and oxygen atoms in total. The maximum Gasteiger partial charge on any atom is 0.212 e. The molecule has 2 heterocycles. The highest BCUT2D eigenvalue weighted by Crippen LogP contribution is 2.19. The number of hydrogen-bond donors (Lipinski definition) is 1. The lowest BCUT2D eigenvalue weighted by molar-refractivity contribution is 0.263. The number of ether oxygens (including phenoxy) is 1. The molecular weight excluding hydrogens is 300 g/mol. The molecule has 0 aliphatic carbocycles. The molecule has 0 atom stereocenters. The fourth-order valence-electron chi connectivity index (χ4n) is 2.08. The van der Waals surface area contributed by atoms with E-state index in [2.05, 4.69) is 28.3 Å². The number of benzene rings is 1. The molecule has 0 aliphatic heterocycles. The van der Waals surface area contributed by atoms with Crippen LogP contribution in [0.2, 0.25) is 0 Å². The van der Waals surface area contributed by atoms with Gasteiger partial charge >= 0.3 is 0 Å². The monoisotopic (exact) mass is 316 g/mol. The molecule has 2 aromatic heterocycles. The first kappa shape index (κ1) is 14.7. The first-order chi connectivity index (χ1) is 10.8. The number of aliphatic hydroxyl groups is 1. The van der Waals surface area contributed by atoms with Crippen molar-refractivity contribution in [2.45, 2.75) is 26.6 Å². The minimum Gasteiger partial charge on any atom is -0.487 e. The Morgan fingerprint density at radius 2 is 2.27 bits per heavy atom.